The summed E-state index contributed by atoms with van der Waals surface area (Å²) in [4.78, 5) is 12.6. The number of benzene rings is 1. The number of sulfone groups is 1. The van der Waals surface area contributed by atoms with Crippen LogP contribution < -0.4 is 4.74 Å². The smallest absolute Gasteiger partial charge is 0.346 e. The lowest BCUT2D eigenvalue weighted by Crippen LogP contribution is -2.15. The number of esters is 1. The van der Waals surface area contributed by atoms with Crippen molar-refractivity contribution in [3.8, 4) is 5.88 Å². The molecule has 3 rings (SSSR count). The monoisotopic (exact) mass is 408 g/mol. The number of carbonyl (C=O) groups excluding carboxylic acids is 1. The second kappa shape index (κ2) is 7.53. The zero-order valence-electron chi connectivity index (χ0n) is 14.7. The van der Waals surface area contributed by atoms with Gasteiger partial charge in [0, 0.05) is 36.8 Å². The Morgan fingerprint density at radius 2 is 2.00 bits per heavy atom. The average molecular weight is 409 g/mol. The van der Waals surface area contributed by atoms with Crippen molar-refractivity contribution < 1.29 is 17.9 Å². The number of aryl methyl sites for hydroxylation is 1. The van der Waals surface area contributed by atoms with E-state index in [-0.39, 0.29) is 33.5 Å². The molecule has 0 spiro atoms. The van der Waals surface area contributed by atoms with Gasteiger partial charge < -0.3 is 4.74 Å². The standard InChI is InChI=1S/C17H17ClN4O4S/c1-3-22-15(7-9-20-22)26-17(23)12-5-6-14(27(2,24)25)13(16(12)18)11-21-10-4-8-19-21/h4-10H,3,11H2,1-2H3. The number of hydrogen-bond acceptors (Lipinski definition) is 6. The van der Waals surface area contributed by atoms with E-state index in [1.165, 1.54) is 27.7 Å². The van der Waals surface area contributed by atoms with Crippen LogP contribution in [0.1, 0.15) is 22.8 Å². The fraction of sp³-hybridized carbons (Fsp3) is 0.235. The Morgan fingerprint density at radius 1 is 1.22 bits per heavy atom. The number of rotatable bonds is 6. The molecule has 0 N–H and O–H groups in total. The lowest BCUT2D eigenvalue weighted by Gasteiger charge is -2.14. The first-order chi connectivity index (χ1) is 12.8. The summed E-state index contributed by atoms with van der Waals surface area (Å²) in [7, 11) is -3.55. The molecule has 3 aromatic rings. The van der Waals surface area contributed by atoms with Crippen LogP contribution in [-0.4, -0.2) is 40.2 Å². The summed E-state index contributed by atoms with van der Waals surface area (Å²) < 4.78 is 32.7. The van der Waals surface area contributed by atoms with Crippen LogP contribution in [0.15, 0.2) is 47.8 Å². The third-order valence-corrected chi connectivity index (χ3v) is 5.49. The molecule has 10 heteroatoms. The molecule has 2 aromatic heterocycles. The fourth-order valence-electron chi connectivity index (χ4n) is 2.61. The van der Waals surface area contributed by atoms with Crippen molar-refractivity contribution in [3.05, 3.63) is 59.0 Å². The topological polar surface area (TPSA) is 96.1 Å². The summed E-state index contributed by atoms with van der Waals surface area (Å²) >= 11 is 6.42. The van der Waals surface area contributed by atoms with Crippen molar-refractivity contribution in [1.82, 2.24) is 19.6 Å². The zero-order valence-corrected chi connectivity index (χ0v) is 16.2. The number of ether oxygens (including phenoxy) is 1. The van der Waals surface area contributed by atoms with Gasteiger partial charge in [0.1, 0.15) is 0 Å². The molecular weight excluding hydrogens is 392 g/mol. The maximum absolute atomic E-state index is 12.6. The highest BCUT2D eigenvalue weighted by Crippen LogP contribution is 2.29. The first-order valence-corrected chi connectivity index (χ1v) is 10.3. The normalized spacial score (nSPS) is 11.5. The van der Waals surface area contributed by atoms with Crippen LogP contribution in [0, 0.1) is 0 Å². The van der Waals surface area contributed by atoms with E-state index in [2.05, 4.69) is 10.2 Å². The van der Waals surface area contributed by atoms with Crippen molar-refractivity contribution in [2.24, 2.45) is 0 Å². The van der Waals surface area contributed by atoms with E-state index in [9.17, 15) is 13.2 Å². The predicted octanol–water partition coefficient (Wildman–Crippen LogP) is 2.42. The summed E-state index contributed by atoms with van der Waals surface area (Å²) in [5.74, 6) is -0.420. The zero-order chi connectivity index (χ0) is 19.6. The molecule has 0 saturated heterocycles. The van der Waals surface area contributed by atoms with Crippen molar-refractivity contribution in [3.63, 3.8) is 0 Å². The molecule has 142 valence electrons. The van der Waals surface area contributed by atoms with Crippen LogP contribution >= 0.6 is 11.6 Å². The Bertz CT molecular complexity index is 1070. The average Bonchev–Trinajstić information content (AvgIpc) is 3.26. The first-order valence-electron chi connectivity index (χ1n) is 8.04. The second-order valence-corrected chi connectivity index (χ2v) is 8.12. The van der Waals surface area contributed by atoms with Crippen molar-refractivity contribution in [2.45, 2.75) is 24.9 Å². The molecule has 0 aliphatic rings. The fourth-order valence-corrected chi connectivity index (χ4v) is 3.89. The largest absolute Gasteiger partial charge is 0.404 e. The van der Waals surface area contributed by atoms with E-state index in [0.717, 1.165) is 6.26 Å². The van der Waals surface area contributed by atoms with E-state index in [0.29, 0.717) is 6.54 Å². The van der Waals surface area contributed by atoms with Gasteiger partial charge in [-0.15, -0.1) is 0 Å². The van der Waals surface area contributed by atoms with Gasteiger partial charge in [0.2, 0.25) is 5.88 Å². The van der Waals surface area contributed by atoms with E-state index in [4.69, 9.17) is 16.3 Å². The second-order valence-electron chi connectivity index (χ2n) is 5.75. The molecule has 0 amide bonds. The number of nitrogens with zero attached hydrogens (tertiary/aromatic N) is 4. The molecule has 0 atom stereocenters. The summed E-state index contributed by atoms with van der Waals surface area (Å²) in [6, 6.07) is 5.97. The van der Waals surface area contributed by atoms with Gasteiger partial charge in [0.05, 0.1) is 28.2 Å². The quantitative estimate of drug-likeness (QED) is 0.581. The Kier molecular flexibility index (Phi) is 5.33. The molecular formula is C17H17ClN4O4S. The summed E-state index contributed by atoms with van der Waals surface area (Å²) in [6.45, 7) is 2.49. The molecule has 8 nitrogen and oxygen atoms in total. The molecule has 0 aliphatic heterocycles. The van der Waals surface area contributed by atoms with E-state index in [1.54, 1.807) is 24.5 Å². The predicted molar refractivity (Wildman–Crippen MR) is 98.8 cm³/mol. The van der Waals surface area contributed by atoms with Crippen LogP contribution in [0.4, 0.5) is 0 Å². The Labute approximate surface area is 161 Å². The maximum atomic E-state index is 12.6. The molecule has 0 radical (unpaired) electrons. The number of carbonyl (C=O) groups is 1. The highest BCUT2D eigenvalue weighted by Gasteiger charge is 2.23. The highest BCUT2D eigenvalue weighted by molar-refractivity contribution is 7.90. The summed E-state index contributed by atoms with van der Waals surface area (Å²) in [5, 5.41) is 8.12. The van der Waals surface area contributed by atoms with Crippen LogP contribution in [0.3, 0.4) is 0 Å². The lowest BCUT2D eigenvalue weighted by atomic mass is 10.1. The van der Waals surface area contributed by atoms with E-state index >= 15 is 0 Å². The third-order valence-electron chi connectivity index (χ3n) is 3.87. The number of aromatic nitrogens is 4. The first kappa shape index (κ1) is 19.1. The molecule has 0 bridgehead atoms. The molecule has 1 aromatic carbocycles. The van der Waals surface area contributed by atoms with Crippen molar-refractivity contribution in [1.29, 1.82) is 0 Å². The molecule has 2 heterocycles. The van der Waals surface area contributed by atoms with Gasteiger partial charge in [-0.3, -0.25) is 4.68 Å². The minimum absolute atomic E-state index is 0.0148. The summed E-state index contributed by atoms with van der Waals surface area (Å²) in [6.07, 6.45) is 5.85. The Morgan fingerprint density at radius 3 is 2.63 bits per heavy atom. The van der Waals surface area contributed by atoms with Crippen LogP contribution in [0.25, 0.3) is 0 Å². The number of halogens is 1. The third kappa shape index (κ3) is 4.04. The van der Waals surface area contributed by atoms with Gasteiger partial charge in [0.25, 0.3) is 0 Å². The van der Waals surface area contributed by atoms with Crippen LogP contribution in [0.2, 0.25) is 5.02 Å². The van der Waals surface area contributed by atoms with Gasteiger partial charge in [-0.05, 0) is 25.1 Å². The molecule has 0 unspecified atom stereocenters. The van der Waals surface area contributed by atoms with Crippen LogP contribution in [0.5, 0.6) is 5.88 Å². The van der Waals surface area contributed by atoms with Crippen molar-refractivity contribution >= 4 is 27.4 Å². The Balaban J connectivity index is 2.02. The van der Waals surface area contributed by atoms with Crippen LogP contribution in [-0.2, 0) is 22.9 Å². The maximum Gasteiger partial charge on any atom is 0.346 e. The number of hydrogen-bond donors (Lipinski definition) is 0. The summed E-state index contributed by atoms with van der Waals surface area (Å²) in [5.41, 5.74) is 0.344. The van der Waals surface area contributed by atoms with Crippen molar-refractivity contribution in [2.75, 3.05) is 6.26 Å². The van der Waals surface area contributed by atoms with Gasteiger partial charge in [-0.1, -0.05) is 11.6 Å². The lowest BCUT2D eigenvalue weighted by molar-refractivity contribution is 0.0718. The van der Waals surface area contributed by atoms with Gasteiger partial charge in [0.15, 0.2) is 9.84 Å². The van der Waals surface area contributed by atoms with Gasteiger partial charge in [-0.2, -0.15) is 10.2 Å². The molecule has 0 saturated carbocycles. The molecule has 27 heavy (non-hydrogen) atoms. The van der Waals surface area contributed by atoms with E-state index < -0.39 is 15.8 Å². The van der Waals surface area contributed by atoms with Gasteiger partial charge >= 0.3 is 5.97 Å². The SMILES string of the molecule is CCn1nccc1OC(=O)c1ccc(S(C)(=O)=O)c(Cn2cccn2)c1Cl. The van der Waals surface area contributed by atoms with Gasteiger partial charge in [-0.25, -0.2) is 17.9 Å². The molecule has 0 fully saturated rings. The Hall–Kier alpha value is -2.65. The minimum atomic E-state index is -3.55. The highest BCUT2D eigenvalue weighted by atomic mass is 35.5. The molecule has 0 aliphatic carbocycles. The minimum Gasteiger partial charge on any atom is -0.404 e. The van der Waals surface area contributed by atoms with E-state index in [1.807, 2.05) is 6.92 Å².